The maximum atomic E-state index is 12.8. The Balaban J connectivity index is 1.60. The molecule has 0 saturated carbocycles. The molecule has 0 amide bonds. The minimum Gasteiger partial charge on any atom is -0.491 e. The first-order chi connectivity index (χ1) is 13.6. The quantitative estimate of drug-likeness (QED) is 0.468. The number of aliphatic hydroxyl groups is 1. The van der Waals surface area contributed by atoms with Crippen LogP contribution in [-0.4, -0.2) is 27.6 Å². The van der Waals surface area contributed by atoms with Crippen molar-refractivity contribution < 1.29 is 9.84 Å². The minimum atomic E-state index is -0.869. The molecule has 4 aromatic rings. The van der Waals surface area contributed by atoms with Gasteiger partial charge >= 0.3 is 0 Å². The number of halogens is 1. The van der Waals surface area contributed by atoms with Gasteiger partial charge in [0.15, 0.2) is 0 Å². The lowest BCUT2D eigenvalue weighted by molar-refractivity contribution is 0.0882. The van der Waals surface area contributed by atoms with Gasteiger partial charge in [-0.05, 0) is 41.8 Å². The van der Waals surface area contributed by atoms with E-state index in [1.165, 1.54) is 4.68 Å². The number of rotatable bonds is 6. The van der Waals surface area contributed by atoms with Crippen LogP contribution in [0.1, 0.15) is 0 Å². The van der Waals surface area contributed by atoms with E-state index in [9.17, 15) is 9.90 Å². The maximum absolute atomic E-state index is 12.8. The van der Waals surface area contributed by atoms with Crippen LogP contribution in [0.25, 0.3) is 21.3 Å². The SMILES string of the molecule is O=c1c2ccccc2c(-c2cccs2)nn1CC(O)COc1ccc(Br)cc1. The maximum Gasteiger partial charge on any atom is 0.274 e. The van der Waals surface area contributed by atoms with Gasteiger partial charge in [-0.2, -0.15) is 5.10 Å². The summed E-state index contributed by atoms with van der Waals surface area (Å²) < 4.78 is 7.89. The fourth-order valence-corrected chi connectivity index (χ4v) is 3.92. The predicted octanol–water partition coefficient (Wildman–Crippen LogP) is 4.33. The van der Waals surface area contributed by atoms with E-state index in [-0.39, 0.29) is 18.7 Å². The number of ether oxygens (including phenoxy) is 1. The fraction of sp³-hybridized carbons (Fsp3) is 0.143. The van der Waals surface area contributed by atoms with Crippen LogP contribution in [0.2, 0.25) is 0 Å². The summed E-state index contributed by atoms with van der Waals surface area (Å²) in [6.07, 6.45) is -0.869. The Morgan fingerprint density at radius 3 is 2.54 bits per heavy atom. The van der Waals surface area contributed by atoms with E-state index < -0.39 is 6.10 Å². The lowest BCUT2D eigenvalue weighted by Gasteiger charge is -2.15. The van der Waals surface area contributed by atoms with E-state index >= 15 is 0 Å². The zero-order chi connectivity index (χ0) is 19.5. The van der Waals surface area contributed by atoms with E-state index in [4.69, 9.17) is 4.74 Å². The Hall–Kier alpha value is -2.48. The van der Waals surface area contributed by atoms with Gasteiger partial charge in [0.1, 0.15) is 24.2 Å². The van der Waals surface area contributed by atoms with Crippen LogP contribution >= 0.6 is 27.3 Å². The van der Waals surface area contributed by atoms with Gasteiger partial charge in [-0.15, -0.1) is 11.3 Å². The van der Waals surface area contributed by atoms with Crippen molar-refractivity contribution in [2.75, 3.05) is 6.61 Å². The summed E-state index contributed by atoms with van der Waals surface area (Å²) in [6.45, 7) is 0.121. The molecule has 5 nitrogen and oxygen atoms in total. The highest BCUT2D eigenvalue weighted by Gasteiger charge is 2.15. The molecule has 0 aliphatic rings. The number of aromatic nitrogens is 2. The Labute approximate surface area is 174 Å². The second kappa shape index (κ2) is 8.26. The van der Waals surface area contributed by atoms with Gasteiger partial charge in [0.2, 0.25) is 0 Å². The normalized spacial score (nSPS) is 12.2. The summed E-state index contributed by atoms with van der Waals surface area (Å²) in [6, 6.07) is 18.7. The number of hydrogen-bond acceptors (Lipinski definition) is 5. The highest BCUT2D eigenvalue weighted by Crippen LogP contribution is 2.28. The van der Waals surface area contributed by atoms with Crippen molar-refractivity contribution in [3.8, 4) is 16.3 Å². The van der Waals surface area contributed by atoms with E-state index in [2.05, 4.69) is 21.0 Å². The number of nitrogens with zero attached hydrogens (tertiary/aromatic N) is 2. The van der Waals surface area contributed by atoms with Gasteiger partial charge < -0.3 is 9.84 Å². The van der Waals surface area contributed by atoms with E-state index in [0.717, 1.165) is 20.4 Å². The highest BCUT2D eigenvalue weighted by atomic mass is 79.9. The van der Waals surface area contributed by atoms with Crippen molar-refractivity contribution in [1.82, 2.24) is 9.78 Å². The molecule has 0 fully saturated rings. The van der Waals surface area contributed by atoms with Crippen molar-refractivity contribution in [2.45, 2.75) is 12.6 Å². The van der Waals surface area contributed by atoms with Crippen LogP contribution in [0, 0.1) is 0 Å². The third-order valence-corrected chi connectivity index (χ3v) is 5.67. The van der Waals surface area contributed by atoms with Crippen LogP contribution in [-0.2, 0) is 6.54 Å². The standard InChI is InChI=1S/C21H17BrN2O3S/c22-14-7-9-16(10-8-14)27-13-15(25)12-24-21(26)18-5-2-1-4-17(18)20(23-24)19-6-3-11-28-19/h1-11,15,25H,12-13H2. The second-order valence-electron chi connectivity index (χ2n) is 6.28. The summed E-state index contributed by atoms with van der Waals surface area (Å²) >= 11 is 4.93. The monoisotopic (exact) mass is 456 g/mol. The molecule has 1 unspecified atom stereocenters. The highest BCUT2D eigenvalue weighted by molar-refractivity contribution is 9.10. The molecule has 1 N–H and O–H groups in total. The topological polar surface area (TPSA) is 64.4 Å². The minimum absolute atomic E-state index is 0.0541. The van der Waals surface area contributed by atoms with E-state index in [1.54, 1.807) is 17.4 Å². The van der Waals surface area contributed by atoms with Crippen molar-refractivity contribution in [3.63, 3.8) is 0 Å². The third-order valence-electron chi connectivity index (χ3n) is 4.26. The van der Waals surface area contributed by atoms with Crippen LogP contribution in [0.3, 0.4) is 0 Å². The summed E-state index contributed by atoms with van der Waals surface area (Å²) in [7, 11) is 0. The molecular weight excluding hydrogens is 440 g/mol. The lowest BCUT2D eigenvalue weighted by atomic mass is 10.1. The van der Waals surface area contributed by atoms with Gasteiger partial charge in [0.05, 0.1) is 16.8 Å². The number of hydrogen-bond donors (Lipinski definition) is 1. The first-order valence-corrected chi connectivity index (χ1v) is 10.4. The van der Waals surface area contributed by atoms with Gasteiger partial charge in [-0.1, -0.05) is 40.2 Å². The molecule has 1 atom stereocenters. The van der Waals surface area contributed by atoms with Crippen molar-refractivity contribution in [2.24, 2.45) is 0 Å². The summed E-state index contributed by atoms with van der Waals surface area (Å²) in [5.41, 5.74) is 0.518. The van der Waals surface area contributed by atoms with Crippen LogP contribution < -0.4 is 10.3 Å². The van der Waals surface area contributed by atoms with Gasteiger partial charge in [0.25, 0.3) is 5.56 Å². The fourth-order valence-electron chi connectivity index (χ4n) is 2.93. The molecule has 2 aromatic heterocycles. The van der Waals surface area contributed by atoms with Gasteiger partial charge in [0, 0.05) is 9.86 Å². The summed E-state index contributed by atoms with van der Waals surface area (Å²) in [5, 5.41) is 18.3. The lowest BCUT2D eigenvalue weighted by Crippen LogP contribution is -2.32. The molecule has 0 aliphatic heterocycles. The second-order valence-corrected chi connectivity index (χ2v) is 8.14. The van der Waals surface area contributed by atoms with E-state index in [0.29, 0.717) is 11.1 Å². The molecular formula is C21H17BrN2O3S. The van der Waals surface area contributed by atoms with Crippen molar-refractivity contribution in [1.29, 1.82) is 0 Å². The molecule has 0 bridgehead atoms. The Kier molecular flexibility index (Phi) is 5.57. The Morgan fingerprint density at radius 1 is 1.07 bits per heavy atom. The van der Waals surface area contributed by atoms with Crippen molar-refractivity contribution >= 4 is 38.0 Å². The molecule has 0 radical (unpaired) electrons. The molecule has 0 spiro atoms. The molecule has 2 heterocycles. The molecule has 142 valence electrons. The van der Waals surface area contributed by atoms with Gasteiger partial charge in [-0.25, -0.2) is 4.68 Å². The van der Waals surface area contributed by atoms with Crippen molar-refractivity contribution in [3.05, 3.63) is 80.9 Å². The number of benzene rings is 2. The first kappa shape index (κ1) is 18.9. The molecule has 0 saturated heterocycles. The summed E-state index contributed by atoms with van der Waals surface area (Å²) in [4.78, 5) is 13.8. The number of aliphatic hydroxyl groups excluding tert-OH is 1. The number of fused-ring (bicyclic) bond motifs is 1. The smallest absolute Gasteiger partial charge is 0.274 e. The summed E-state index contributed by atoms with van der Waals surface area (Å²) in [5.74, 6) is 0.653. The van der Waals surface area contributed by atoms with Crippen LogP contribution in [0.4, 0.5) is 0 Å². The third kappa shape index (κ3) is 4.01. The molecule has 0 aliphatic carbocycles. The molecule has 2 aromatic carbocycles. The average molecular weight is 457 g/mol. The number of thiophene rings is 1. The van der Waals surface area contributed by atoms with E-state index in [1.807, 2.05) is 60.0 Å². The predicted molar refractivity (Wildman–Crippen MR) is 115 cm³/mol. The van der Waals surface area contributed by atoms with Crippen LogP contribution in [0.15, 0.2) is 75.3 Å². The Morgan fingerprint density at radius 2 is 1.82 bits per heavy atom. The zero-order valence-electron chi connectivity index (χ0n) is 14.8. The Bertz CT molecular complexity index is 1140. The molecule has 4 rings (SSSR count). The largest absolute Gasteiger partial charge is 0.491 e. The average Bonchev–Trinajstić information content (AvgIpc) is 3.24. The molecule has 7 heteroatoms. The zero-order valence-corrected chi connectivity index (χ0v) is 17.2. The van der Waals surface area contributed by atoms with Gasteiger partial charge in [-0.3, -0.25) is 4.79 Å². The molecule has 28 heavy (non-hydrogen) atoms. The van der Waals surface area contributed by atoms with Crippen LogP contribution in [0.5, 0.6) is 5.75 Å². The first-order valence-electron chi connectivity index (χ1n) is 8.72.